The molecule has 0 saturated heterocycles. The predicted molar refractivity (Wildman–Crippen MR) is 83.3 cm³/mol. The molecule has 1 N–H and O–H groups in total. The minimum Gasteiger partial charge on any atom is -0.322 e. The predicted octanol–water partition coefficient (Wildman–Crippen LogP) is 4.67. The van der Waals surface area contributed by atoms with Gasteiger partial charge in [0.25, 0.3) is 5.91 Å². The van der Waals surface area contributed by atoms with E-state index in [1.165, 1.54) is 18.2 Å². The first kappa shape index (κ1) is 15.0. The molecule has 104 valence electrons. The summed E-state index contributed by atoms with van der Waals surface area (Å²) in [6.07, 6.45) is 0.914. The van der Waals surface area contributed by atoms with Crippen molar-refractivity contribution in [1.82, 2.24) is 0 Å². The second kappa shape index (κ2) is 6.86. The van der Waals surface area contributed by atoms with Crippen molar-refractivity contribution in [2.45, 2.75) is 6.42 Å². The Balaban J connectivity index is 2.13. The number of halogens is 3. The van der Waals surface area contributed by atoms with E-state index >= 15 is 0 Å². The monoisotopic (exact) mass is 355 g/mol. The van der Waals surface area contributed by atoms with Gasteiger partial charge in [-0.2, -0.15) is 0 Å². The van der Waals surface area contributed by atoms with Gasteiger partial charge in [0.05, 0.1) is 5.56 Å². The lowest BCUT2D eigenvalue weighted by Gasteiger charge is -2.07. The van der Waals surface area contributed by atoms with Crippen LogP contribution in [0.2, 0.25) is 5.02 Å². The van der Waals surface area contributed by atoms with Gasteiger partial charge in [-0.1, -0.05) is 39.7 Å². The molecular formula is C15H12BrClFNO. The van der Waals surface area contributed by atoms with Gasteiger partial charge in [0.1, 0.15) is 5.82 Å². The molecule has 0 heterocycles. The third-order valence-corrected chi connectivity index (χ3v) is 3.40. The summed E-state index contributed by atoms with van der Waals surface area (Å²) in [4.78, 5) is 12.0. The number of nitrogens with one attached hydrogen (secondary N) is 1. The van der Waals surface area contributed by atoms with E-state index < -0.39 is 11.7 Å². The molecule has 2 aromatic rings. The zero-order chi connectivity index (χ0) is 14.5. The number of carbonyl (C=O) groups is 1. The number of anilines is 1. The SMILES string of the molecule is O=C(Nc1ccc(CCBr)cc1)c1cc(Cl)ccc1F. The molecular weight excluding hydrogens is 345 g/mol. The Kier molecular flexibility index (Phi) is 5.15. The van der Waals surface area contributed by atoms with Crippen LogP contribution >= 0.6 is 27.5 Å². The van der Waals surface area contributed by atoms with Gasteiger partial charge in [-0.15, -0.1) is 0 Å². The molecule has 0 aliphatic rings. The molecule has 0 aliphatic carbocycles. The van der Waals surface area contributed by atoms with Crippen molar-refractivity contribution in [2.24, 2.45) is 0 Å². The van der Waals surface area contributed by atoms with Gasteiger partial charge >= 0.3 is 0 Å². The van der Waals surface area contributed by atoms with Crippen LogP contribution in [-0.4, -0.2) is 11.2 Å². The van der Waals surface area contributed by atoms with Crippen LogP contribution in [0.25, 0.3) is 0 Å². The molecule has 0 aromatic heterocycles. The van der Waals surface area contributed by atoms with Crippen LogP contribution in [-0.2, 0) is 6.42 Å². The summed E-state index contributed by atoms with van der Waals surface area (Å²) >= 11 is 9.13. The Morgan fingerprint density at radius 1 is 1.20 bits per heavy atom. The number of aryl methyl sites for hydroxylation is 1. The summed E-state index contributed by atoms with van der Waals surface area (Å²) in [5.74, 6) is -1.11. The average Bonchev–Trinajstić information content (AvgIpc) is 2.44. The summed E-state index contributed by atoms with van der Waals surface area (Å²) < 4.78 is 13.6. The van der Waals surface area contributed by atoms with E-state index in [-0.39, 0.29) is 5.56 Å². The van der Waals surface area contributed by atoms with E-state index in [0.717, 1.165) is 17.3 Å². The first-order valence-electron chi connectivity index (χ1n) is 6.01. The molecule has 0 fully saturated rings. The van der Waals surface area contributed by atoms with Crippen LogP contribution in [0.15, 0.2) is 42.5 Å². The van der Waals surface area contributed by atoms with E-state index in [0.29, 0.717) is 10.7 Å². The van der Waals surface area contributed by atoms with Crippen LogP contribution in [0.1, 0.15) is 15.9 Å². The second-order valence-electron chi connectivity index (χ2n) is 4.21. The van der Waals surface area contributed by atoms with Crippen molar-refractivity contribution < 1.29 is 9.18 Å². The van der Waals surface area contributed by atoms with Crippen molar-refractivity contribution in [3.8, 4) is 0 Å². The first-order chi connectivity index (χ1) is 9.60. The standard InChI is InChI=1S/C15H12BrClFNO/c16-8-7-10-1-4-12(5-2-10)19-15(20)13-9-11(17)3-6-14(13)18/h1-6,9H,7-8H2,(H,19,20). The lowest BCUT2D eigenvalue weighted by atomic mass is 10.1. The van der Waals surface area contributed by atoms with Crippen LogP contribution in [0.5, 0.6) is 0 Å². The molecule has 0 spiro atoms. The van der Waals surface area contributed by atoms with Crippen molar-refractivity contribution in [1.29, 1.82) is 0 Å². The number of rotatable bonds is 4. The van der Waals surface area contributed by atoms with Crippen LogP contribution in [0, 0.1) is 5.82 Å². The smallest absolute Gasteiger partial charge is 0.258 e. The van der Waals surface area contributed by atoms with E-state index in [4.69, 9.17) is 11.6 Å². The second-order valence-corrected chi connectivity index (χ2v) is 5.44. The number of carbonyl (C=O) groups excluding carboxylic acids is 1. The van der Waals surface area contributed by atoms with E-state index in [2.05, 4.69) is 21.2 Å². The molecule has 0 bridgehead atoms. The van der Waals surface area contributed by atoms with Crippen LogP contribution < -0.4 is 5.32 Å². The zero-order valence-corrected chi connectivity index (χ0v) is 12.8. The summed E-state index contributed by atoms with van der Waals surface area (Å²) in [5.41, 5.74) is 1.71. The number of alkyl halides is 1. The van der Waals surface area contributed by atoms with Crippen LogP contribution in [0.3, 0.4) is 0 Å². The van der Waals surface area contributed by atoms with E-state index in [1.54, 1.807) is 12.1 Å². The lowest BCUT2D eigenvalue weighted by Crippen LogP contribution is -2.13. The van der Waals surface area contributed by atoms with Crippen molar-refractivity contribution in [2.75, 3.05) is 10.6 Å². The molecule has 2 rings (SSSR count). The Hall–Kier alpha value is -1.39. The lowest BCUT2D eigenvalue weighted by molar-refractivity contribution is 0.102. The van der Waals surface area contributed by atoms with Gasteiger partial charge < -0.3 is 5.32 Å². The molecule has 2 nitrogen and oxygen atoms in total. The van der Waals surface area contributed by atoms with Gasteiger partial charge in [0.15, 0.2) is 0 Å². The van der Waals surface area contributed by atoms with E-state index in [9.17, 15) is 9.18 Å². The molecule has 5 heteroatoms. The highest BCUT2D eigenvalue weighted by molar-refractivity contribution is 9.09. The van der Waals surface area contributed by atoms with Crippen molar-refractivity contribution >= 4 is 39.1 Å². The Bertz CT molecular complexity index is 616. The highest BCUT2D eigenvalue weighted by atomic mass is 79.9. The summed E-state index contributed by atoms with van der Waals surface area (Å²) in [6.45, 7) is 0. The normalized spacial score (nSPS) is 10.3. The van der Waals surface area contributed by atoms with E-state index in [1.807, 2.05) is 12.1 Å². The third kappa shape index (κ3) is 3.81. The topological polar surface area (TPSA) is 29.1 Å². The number of hydrogen-bond acceptors (Lipinski definition) is 1. The fourth-order valence-corrected chi connectivity index (χ4v) is 2.36. The van der Waals surface area contributed by atoms with Gasteiger partial charge in [0.2, 0.25) is 0 Å². The minimum absolute atomic E-state index is 0.0676. The quantitative estimate of drug-likeness (QED) is 0.793. The maximum Gasteiger partial charge on any atom is 0.258 e. The minimum atomic E-state index is -0.595. The zero-order valence-electron chi connectivity index (χ0n) is 10.5. The molecule has 20 heavy (non-hydrogen) atoms. The highest BCUT2D eigenvalue weighted by Gasteiger charge is 2.12. The van der Waals surface area contributed by atoms with Gasteiger partial charge in [-0.3, -0.25) is 4.79 Å². The fraction of sp³-hybridized carbons (Fsp3) is 0.133. The van der Waals surface area contributed by atoms with Crippen molar-refractivity contribution in [3.63, 3.8) is 0 Å². The molecule has 0 saturated carbocycles. The highest BCUT2D eigenvalue weighted by Crippen LogP contribution is 2.17. The fourth-order valence-electron chi connectivity index (χ4n) is 1.73. The molecule has 1 amide bonds. The number of benzene rings is 2. The Morgan fingerprint density at radius 2 is 1.90 bits per heavy atom. The summed E-state index contributed by atoms with van der Waals surface area (Å²) in [7, 11) is 0. The number of hydrogen-bond donors (Lipinski definition) is 1. The largest absolute Gasteiger partial charge is 0.322 e. The summed E-state index contributed by atoms with van der Waals surface area (Å²) in [6, 6.07) is 11.3. The average molecular weight is 357 g/mol. The maximum atomic E-state index is 13.6. The van der Waals surface area contributed by atoms with Crippen LogP contribution in [0.4, 0.5) is 10.1 Å². The molecule has 0 atom stereocenters. The molecule has 0 unspecified atom stereocenters. The molecule has 2 aromatic carbocycles. The number of amides is 1. The Labute approximate surface area is 130 Å². The van der Waals surface area contributed by atoms with Crippen molar-refractivity contribution in [3.05, 3.63) is 64.4 Å². The van der Waals surface area contributed by atoms with Gasteiger partial charge in [0, 0.05) is 16.0 Å². The first-order valence-corrected chi connectivity index (χ1v) is 7.51. The maximum absolute atomic E-state index is 13.6. The third-order valence-electron chi connectivity index (χ3n) is 2.77. The van der Waals surface area contributed by atoms with Gasteiger partial charge in [-0.05, 0) is 42.3 Å². The molecule has 0 radical (unpaired) electrons. The van der Waals surface area contributed by atoms with Gasteiger partial charge in [-0.25, -0.2) is 4.39 Å². The Morgan fingerprint density at radius 3 is 2.55 bits per heavy atom. The summed E-state index contributed by atoms with van der Waals surface area (Å²) in [5, 5.41) is 3.85. The molecule has 0 aliphatic heterocycles.